The van der Waals surface area contributed by atoms with E-state index in [1.807, 2.05) is 0 Å². The standard InChI is InChI=1S/C13H24N2O.ClH/c1-3-13(6-4-5-7-13)12(16)15-9-8-14-11(2)10-15;/h11,14H,3-10H2,1-2H3;1H/t11-;/m1./s1. The zero-order chi connectivity index (χ0) is 11.6. The van der Waals surface area contributed by atoms with Gasteiger partial charge < -0.3 is 10.2 Å². The van der Waals surface area contributed by atoms with Gasteiger partial charge in [0.05, 0.1) is 0 Å². The Balaban J connectivity index is 0.00000144. The Morgan fingerprint density at radius 1 is 1.41 bits per heavy atom. The molecule has 0 spiro atoms. The van der Waals surface area contributed by atoms with Crippen molar-refractivity contribution in [3.63, 3.8) is 0 Å². The van der Waals surface area contributed by atoms with Crippen LogP contribution in [0, 0.1) is 5.41 Å². The summed E-state index contributed by atoms with van der Waals surface area (Å²) in [7, 11) is 0. The van der Waals surface area contributed by atoms with Crippen LogP contribution in [0.3, 0.4) is 0 Å². The van der Waals surface area contributed by atoms with Crippen molar-refractivity contribution in [3.05, 3.63) is 0 Å². The fourth-order valence-electron chi connectivity index (χ4n) is 3.22. The fraction of sp³-hybridized carbons (Fsp3) is 0.923. The minimum Gasteiger partial charge on any atom is -0.339 e. The summed E-state index contributed by atoms with van der Waals surface area (Å²) in [6, 6.07) is 0.452. The van der Waals surface area contributed by atoms with Crippen molar-refractivity contribution < 1.29 is 4.79 Å². The van der Waals surface area contributed by atoms with Crippen LogP contribution in [0.5, 0.6) is 0 Å². The van der Waals surface area contributed by atoms with Crippen molar-refractivity contribution in [1.29, 1.82) is 0 Å². The third kappa shape index (κ3) is 2.94. The number of hydrogen-bond donors (Lipinski definition) is 1. The van der Waals surface area contributed by atoms with Crippen molar-refractivity contribution in [2.24, 2.45) is 5.41 Å². The second-order valence-electron chi connectivity index (χ2n) is 5.45. The molecule has 0 bridgehead atoms. The second-order valence-corrected chi connectivity index (χ2v) is 5.45. The lowest BCUT2D eigenvalue weighted by atomic mass is 9.81. The first-order chi connectivity index (χ1) is 7.68. The summed E-state index contributed by atoms with van der Waals surface area (Å²) in [5, 5.41) is 3.39. The van der Waals surface area contributed by atoms with Crippen LogP contribution in [0.15, 0.2) is 0 Å². The Bertz CT molecular complexity index is 264. The number of amides is 1. The number of hydrogen-bond acceptors (Lipinski definition) is 2. The molecule has 17 heavy (non-hydrogen) atoms. The van der Waals surface area contributed by atoms with Crippen LogP contribution < -0.4 is 5.32 Å². The van der Waals surface area contributed by atoms with E-state index in [4.69, 9.17) is 0 Å². The van der Waals surface area contributed by atoms with Gasteiger partial charge in [-0.3, -0.25) is 4.79 Å². The molecule has 0 unspecified atom stereocenters. The number of piperazine rings is 1. The predicted molar refractivity (Wildman–Crippen MR) is 72.5 cm³/mol. The second kappa shape index (κ2) is 6.05. The summed E-state index contributed by atoms with van der Waals surface area (Å²) in [6.07, 6.45) is 5.72. The van der Waals surface area contributed by atoms with Crippen LogP contribution in [0.4, 0.5) is 0 Å². The Labute approximate surface area is 111 Å². The van der Waals surface area contributed by atoms with E-state index in [9.17, 15) is 4.79 Å². The van der Waals surface area contributed by atoms with Crippen molar-refractivity contribution in [3.8, 4) is 0 Å². The highest BCUT2D eigenvalue weighted by Gasteiger charge is 2.42. The smallest absolute Gasteiger partial charge is 0.228 e. The van der Waals surface area contributed by atoms with Gasteiger partial charge in [-0.05, 0) is 26.2 Å². The normalized spacial score (nSPS) is 27.6. The third-order valence-electron chi connectivity index (χ3n) is 4.35. The number of rotatable bonds is 2. The molecule has 1 saturated heterocycles. The van der Waals surface area contributed by atoms with Crippen LogP contribution in [-0.4, -0.2) is 36.5 Å². The van der Waals surface area contributed by atoms with E-state index in [1.165, 1.54) is 12.8 Å². The summed E-state index contributed by atoms with van der Waals surface area (Å²) in [5.74, 6) is 0.431. The van der Waals surface area contributed by atoms with E-state index < -0.39 is 0 Å². The van der Waals surface area contributed by atoms with E-state index in [0.717, 1.165) is 38.9 Å². The summed E-state index contributed by atoms with van der Waals surface area (Å²) in [4.78, 5) is 14.7. The van der Waals surface area contributed by atoms with Gasteiger partial charge in [0, 0.05) is 31.1 Å². The molecule has 1 N–H and O–H groups in total. The average molecular weight is 261 g/mol. The van der Waals surface area contributed by atoms with Crippen LogP contribution in [0.1, 0.15) is 46.0 Å². The van der Waals surface area contributed by atoms with Crippen LogP contribution >= 0.6 is 12.4 Å². The molecule has 0 aromatic carbocycles. The molecule has 2 rings (SSSR count). The number of halogens is 1. The quantitative estimate of drug-likeness (QED) is 0.826. The molecule has 1 amide bonds. The lowest BCUT2D eigenvalue weighted by molar-refractivity contribution is -0.143. The lowest BCUT2D eigenvalue weighted by Gasteiger charge is -2.38. The molecule has 100 valence electrons. The molecular weight excluding hydrogens is 236 g/mol. The molecule has 1 aliphatic carbocycles. The summed E-state index contributed by atoms with van der Waals surface area (Å²) in [5.41, 5.74) is -0.00292. The van der Waals surface area contributed by atoms with E-state index in [2.05, 4.69) is 24.1 Å². The van der Waals surface area contributed by atoms with Crippen LogP contribution in [0.2, 0.25) is 0 Å². The van der Waals surface area contributed by atoms with Crippen LogP contribution in [-0.2, 0) is 4.79 Å². The SMILES string of the molecule is CCC1(C(=O)N2CCN[C@H](C)C2)CCCC1.Cl. The third-order valence-corrected chi connectivity index (χ3v) is 4.35. The fourth-order valence-corrected chi connectivity index (χ4v) is 3.22. The summed E-state index contributed by atoms with van der Waals surface area (Å²) >= 11 is 0. The largest absolute Gasteiger partial charge is 0.339 e. The maximum absolute atomic E-state index is 12.6. The van der Waals surface area contributed by atoms with E-state index in [1.54, 1.807) is 0 Å². The van der Waals surface area contributed by atoms with Crippen molar-refractivity contribution in [2.75, 3.05) is 19.6 Å². The molecule has 3 nitrogen and oxygen atoms in total. The summed E-state index contributed by atoms with van der Waals surface area (Å²) < 4.78 is 0. The molecule has 1 heterocycles. The predicted octanol–water partition coefficient (Wildman–Crippen LogP) is 2.20. The first-order valence-corrected chi connectivity index (χ1v) is 6.71. The minimum absolute atomic E-state index is 0. The number of nitrogens with one attached hydrogen (secondary N) is 1. The van der Waals surface area contributed by atoms with Gasteiger partial charge in [-0.1, -0.05) is 19.8 Å². The molecule has 2 aliphatic rings. The van der Waals surface area contributed by atoms with Gasteiger partial charge in [0.2, 0.25) is 5.91 Å². The Kier molecular flexibility index (Phi) is 5.26. The number of carbonyl (C=O) groups is 1. The highest BCUT2D eigenvalue weighted by molar-refractivity contribution is 5.85. The first-order valence-electron chi connectivity index (χ1n) is 6.71. The Morgan fingerprint density at radius 2 is 2.06 bits per heavy atom. The topological polar surface area (TPSA) is 32.3 Å². The van der Waals surface area contributed by atoms with Crippen molar-refractivity contribution in [2.45, 2.75) is 52.0 Å². The van der Waals surface area contributed by atoms with Gasteiger partial charge >= 0.3 is 0 Å². The van der Waals surface area contributed by atoms with Gasteiger partial charge in [-0.15, -0.1) is 12.4 Å². The zero-order valence-electron chi connectivity index (χ0n) is 11.0. The van der Waals surface area contributed by atoms with Crippen molar-refractivity contribution >= 4 is 18.3 Å². The Morgan fingerprint density at radius 3 is 2.59 bits per heavy atom. The van der Waals surface area contributed by atoms with Crippen molar-refractivity contribution in [1.82, 2.24) is 10.2 Å². The molecule has 2 fully saturated rings. The maximum atomic E-state index is 12.6. The molecule has 1 aliphatic heterocycles. The van der Waals surface area contributed by atoms with Gasteiger partial charge in [0.25, 0.3) is 0 Å². The van der Waals surface area contributed by atoms with Gasteiger partial charge in [0.1, 0.15) is 0 Å². The molecule has 1 saturated carbocycles. The molecule has 1 atom stereocenters. The van der Waals surface area contributed by atoms with E-state index >= 15 is 0 Å². The zero-order valence-corrected chi connectivity index (χ0v) is 11.8. The summed E-state index contributed by atoms with van der Waals surface area (Å²) in [6.45, 7) is 7.07. The van der Waals surface area contributed by atoms with Gasteiger partial charge in [-0.25, -0.2) is 0 Å². The molecule has 4 heteroatoms. The number of nitrogens with zero attached hydrogens (tertiary/aromatic N) is 1. The van der Waals surface area contributed by atoms with Crippen LogP contribution in [0.25, 0.3) is 0 Å². The molecular formula is C13H25ClN2O. The number of carbonyl (C=O) groups excluding carboxylic acids is 1. The molecule has 0 aromatic rings. The average Bonchev–Trinajstić information content (AvgIpc) is 2.78. The van der Waals surface area contributed by atoms with Gasteiger partial charge in [-0.2, -0.15) is 0 Å². The molecule has 0 aromatic heterocycles. The van der Waals surface area contributed by atoms with E-state index in [0.29, 0.717) is 11.9 Å². The minimum atomic E-state index is -0.00292. The Hall–Kier alpha value is -0.280. The highest BCUT2D eigenvalue weighted by atomic mass is 35.5. The lowest BCUT2D eigenvalue weighted by Crippen LogP contribution is -2.54. The van der Waals surface area contributed by atoms with E-state index in [-0.39, 0.29) is 17.8 Å². The van der Waals surface area contributed by atoms with Gasteiger partial charge in [0.15, 0.2) is 0 Å². The highest BCUT2D eigenvalue weighted by Crippen LogP contribution is 2.42. The monoisotopic (exact) mass is 260 g/mol. The molecule has 0 radical (unpaired) electrons. The first kappa shape index (κ1) is 14.8. The maximum Gasteiger partial charge on any atom is 0.228 e.